The maximum Gasteiger partial charge on any atom is 0.264 e. The van der Waals surface area contributed by atoms with Crippen molar-refractivity contribution in [2.45, 2.75) is 30.2 Å². The van der Waals surface area contributed by atoms with E-state index in [1.54, 1.807) is 12.1 Å². The van der Waals surface area contributed by atoms with Gasteiger partial charge in [-0.2, -0.15) is 5.26 Å². The second-order valence-electron chi connectivity index (χ2n) is 7.36. The first-order valence-electron chi connectivity index (χ1n) is 10.2. The zero-order chi connectivity index (χ0) is 24.7. The summed E-state index contributed by atoms with van der Waals surface area (Å²) in [7, 11) is -3.93. The number of sulfonamides is 1. The summed E-state index contributed by atoms with van der Waals surface area (Å²) in [5.41, 5.74) is 3.70. The van der Waals surface area contributed by atoms with E-state index in [-0.39, 0.29) is 17.2 Å². The number of amides is 2. The molecule has 0 fully saturated rings. The molecule has 0 unspecified atom stereocenters. The number of hydrogen-bond donors (Lipinski definition) is 2. The van der Waals surface area contributed by atoms with E-state index in [1.165, 1.54) is 36.0 Å². The molecule has 0 atom stereocenters. The van der Waals surface area contributed by atoms with E-state index >= 15 is 0 Å². The van der Waals surface area contributed by atoms with Gasteiger partial charge in [0.05, 0.1) is 16.2 Å². The van der Waals surface area contributed by atoms with Crippen LogP contribution in [0.1, 0.15) is 24.5 Å². The molecule has 0 saturated carbocycles. The number of aryl methyl sites for hydroxylation is 1. The largest absolute Gasteiger partial charge is 0.326 e. The lowest BCUT2D eigenvalue weighted by Crippen LogP contribution is -2.28. The van der Waals surface area contributed by atoms with E-state index in [0.717, 1.165) is 23.7 Å². The SMILES string of the molecule is CC(=O)NS(=O)(=O)c1ccc(NC(=O)CCSc2nc(-c3ccc(C)cc3)ccc2C#N)cc1. The highest BCUT2D eigenvalue weighted by Crippen LogP contribution is 2.26. The number of nitriles is 1. The van der Waals surface area contributed by atoms with Crippen molar-refractivity contribution < 1.29 is 18.0 Å². The zero-order valence-electron chi connectivity index (χ0n) is 18.5. The van der Waals surface area contributed by atoms with Gasteiger partial charge in [-0.05, 0) is 43.3 Å². The Bertz CT molecular complexity index is 1350. The molecule has 3 rings (SSSR count). The van der Waals surface area contributed by atoms with Gasteiger partial charge in [0.1, 0.15) is 11.1 Å². The number of pyridine rings is 1. The van der Waals surface area contributed by atoms with Gasteiger partial charge in [-0.1, -0.05) is 29.8 Å². The number of aromatic nitrogens is 1. The van der Waals surface area contributed by atoms with Crippen molar-refractivity contribution in [1.82, 2.24) is 9.71 Å². The molecule has 1 heterocycles. The minimum Gasteiger partial charge on any atom is -0.326 e. The first-order chi connectivity index (χ1) is 16.2. The van der Waals surface area contributed by atoms with Crippen LogP contribution >= 0.6 is 11.8 Å². The van der Waals surface area contributed by atoms with Crippen molar-refractivity contribution in [1.29, 1.82) is 5.26 Å². The topological polar surface area (TPSA) is 129 Å². The monoisotopic (exact) mass is 494 g/mol. The number of rotatable bonds is 8. The zero-order valence-corrected chi connectivity index (χ0v) is 20.2. The quantitative estimate of drug-likeness (QED) is 0.455. The van der Waals surface area contributed by atoms with Gasteiger partial charge in [0.15, 0.2) is 0 Å². The second kappa shape index (κ2) is 11.0. The highest BCUT2D eigenvalue weighted by Gasteiger charge is 2.15. The van der Waals surface area contributed by atoms with Crippen LogP contribution in [0.5, 0.6) is 0 Å². The second-order valence-corrected chi connectivity index (χ2v) is 10.1. The van der Waals surface area contributed by atoms with Crippen molar-refractivity contribution >= 4 is 39.3 Å². The van der Waals surface area contributed by atoms with Crippen LogP contribution < -0.4 is 10.0 Å². The molecule has 2 aromatic carbocycles. The van der Waals surface area contributed by atoms with Crippen LogP contribution in [-0.4, -0.2) is 31.0 Å². The molecule has 3 aromatic rings. The smallest absolute Gasteiger partial charge is 0.264 e. The number of nitrogens with one attached hydrogen (secondary N) is 2. The molecule has 2 N–H and O–H groups in total. The number of carbonyl (C=O) groups excluding carboxylic acids is 2. The summed E-state index contributed by atoms with van der Waals surface area (Å²) in [4.78, 5) is 27.9. The average Bonchev–Trinajstić information content (AvgIpc) is 2.79. The minimum atomic E-state index is -3.93. The molecule has 0 bridgehead atoms. The van der Waals surface area contributed by atoms with Crippen molar-refractivity contribution in [2.24, 2.45) is 0 Å². The van der Waals surface area contributed by atoms with Gasteiger partial charge in [-0.3, -0.25) is 9.59 Å². The first-order valence-corrected chi connectivity index (χ1v) is 12.7. The van der Waals surface area contributed by atoms with Crippen LogP contribution in [0.25, 0.3) is 11.3 Å². The highest BCUT2D eigenvalue weighted by molar-refractivity contribution is 7.99. The molecule has 0 spiro atoms. The Morgan fingerprint density at radius 2 is 1.71 bits per heavy atom. The number of hydrogen-bond acceptors (Lipinski definition) is 7. The van der Waals surface area contributed by atoms with E-state index in [0.29, 0.717) is 22.0 Å². The summed E-state index contributed by atoms with van der Waals surface area (Å²) in [6, 6.07) is 19.1. The Hall–Kier alpha value is -3.68. The lowest BCUT2D eigenvalue weighted by molar-refractivity contribution is -0.117. The standard InChI is InChI=1S/C24H22N4O4S2/c1-16-3-5-18(6-4-16)22-12-7-19(15-25)24(27-22)33-14-13-23(30)26-20-8-10-21(11-9-20)34(31,32)28-17(2)29/h3-12H,13-14H2,1-2H3,(H,26,30)(H,28,29). The van der Waals surface area contributed by atoms with Crippen LogP contribution in [0.4, 0.5) is 5.69 Å². The molecular weight excluding hydrogens is 472 g/mol. The van der Waals surface area contributed by atoms with E-state index in [2.05, 4.69) is 16.4 Å². The van der Waals surface area contributed by atoms with Crippen molar-refractivity contribution in [2.75, 3.05) is 11.1 Å². The molecule has 0 aliphatic carbocycles. The molecule has 34 heavy (non-hydrogen) atoms. The van der Waals surface area contributed by atoms with E-state index in [4.69, 9.17) is 0 Å². The summed E-state index contributed by atoms with van der Waals surface area (Å²) in [6.07, 6.45) is 0.165. The lowest BCUT2D eigenvalue weighted by Gasteiger charge is -2.09. The maximum absolute atomic E-state index is 12.3. The van der Waals surface area contributed by atoms with Crippen molar-refractivity contribution in [3.63, 3.8) is 0 Å². The van der Waals surface area contributed by atoms with Crippen LogP contribution in [0.15, 0.2) is 70.6 Å². The van der Waals surface area contributed by atoms with Crippen LogP contribution in [0.3, 0.4) is 0 Å². The molecule has 0 radical (unpaired) electrons. The van der Waals surface area contributed by atoms with Crippen LogP contribution in [-0.2, 0) is 19.6 Å². The van der Waals surface area contributed by atoms with Gasteiger partial charge in [0.2, 0.25) is 11.8 Å². The third-order valence-corrected chi connectivity index (χ3v) is 7.06. The number of carbonyl (C=O) groups is 2. The predicted molar refractivity (Wildman–Crippen MR) is 131 cm³/mol. The number of thioether (sulfide) groups is 1. The van der Waals surface area contributed by atoms with Gasteiger partial charge in [-0.15, -0.1) is 11.8 Å². The minimum absolute atomic E-state index is 0.0835. The molecule has 10 heteroatoms. The van der Waals surface area contributed by atoms with Crippen LogP contribution in [0.2, 0.25) is 0 Å². The molecular formula is C24H22N4O4S2. The van der Waals surface area contributed by atoms with E-state index in [9.17, 15) is 23.3 Å². The van der Waals surface area contributed by atoms with Gasteiger partial charge >= 0.3 is 0 Å². The first kappa shape index (κ1) is 25.0. The molecule has 1 aromatic heterocycles. The molecule has 0 saturated heterocycles. The fraction of sp³-hybridized carbons (Fsp3) is 0.167. The van der Waals surface area contributed by atoms with Crippen molar-refractivity contribution in [3.8, 4) is 17.3 Å². The summed E-state index contributed by atoms with van der Waals surface area (Å²) < 4.78 is 25.8. The predicted octanol–water partition coefficient (Wildman–Crippen LogP) is 3.87. The van der Waals surface area contributed by atoms with Gasteiger partial charge < -0.3 is 5.32 Å². The number of anilines is 1. The third-order valence-electron chi connectivity index (χ3n) is 4.62. The van der Waals surface area contributed by atoms with E-state index < -0.39 is 15.9 Å². The fourth-order valence-electron chi connectivity index (χ4n) is 2.95. The third kappa shape index (κ3) is 6.66. The Morgan fingerprint density at radius 1 is 1.03 bits per heavy atom. The average molecular weight is 495 g/mol. The Balaban J connectivity index is 1.59. The maximum atomic E-state index is 12.3. The molecule has 2 amide bonds. The van der Waals surface area contributed by atoms with E-state index in [1.807, 2.05) is 35.9 Å². The molecule has 0 aliphatic rings. The molecule has 8 nitrogen and oxygen atoms in total. The van der Waals surface area contributed by atoms with Gasteiger partial charge in [-0.25, -0.2) is 18.1 Å². The Kier molecular flexibility index (Phi) is 8.04. The molecule has 0 aliphatic heterocycles. The van der Waals surface area contributed by atoms with Crippen molar-refractivity contribution in [3.05, 3.63) is 71.8 Å². The summed E-state index contributed by atoms with van der Waals surface area (Å²) in [5.74, 6) is -0.550. The summed E-state index contributed by atoms with van der Waals surface area (Å²) in [6.45, 7) is 3.11. The van der Waals surface area contributed by atoms with Gasteiger partial charge in [0.25, 0.3) is 10.0 Å². The van der Waals surface area contributed by atoms with Crippen LogP contribution in [0, 0.1) is 18.3 Å². The summed E-state index contributed by atoms with van der Waals surface area (Å²) >= 11 is 1.32. The number of benzene rings is 2. The fourth-order valence-corrected chi connectivity index (χ4v) is 4.85. The molecule has 174 valence electrons. The lowest BCUT2D eigenvalue weighted by atomic mass is 10.1. The normalized spacial score (nSPS) is 10.9. The van der Waals surface area contributed by atoms with Gasteiger partial charge in [0, 0.05) is 30.3 Å². The highest BCUT2D eigenvalue weighted by atomic mass is 32.2. The Morgan fingerprint density at radius 3 is 2.32 bits per heavy atom. The summed E-state index contributed by atoms with van der Waals surface area (Å²) in [5, 5.41) is 12.7. The number of nitrogens with zero attached hydrogens (tertiary/aromatic N) is 2. The Labute approximate surface area is 202 Å².